The molecule has 0 bridgehead atoms. The highest BCUT2D eigenvalue weighted by Gasteiger charge is 2.48. The number of ether oxygens (including phenoxy) is 8. The number of cyclic esters (lactones) is 1. The molecule has 0 saturated heterocycles. The van der Waals surface area contributed by atoms with Crippen molar-refractivity contribution in [2.45, 2.75) is 30.5 Å². The molecule has 1 heterocycles. The lowest BCUT2D eigenvalue weighted by Crippen LogP contribution is -2.51. The van der Waals surface area contributed by atoms with Crippen molar-refractivity contribution in [1.29, 1.82) is 0 Å². The van der Waals surface area contributed by atoms with E-state index in [2.05, 4.69) is 0 Å². The second-order valence-corrected chi connectivity index (χ2v) is 8.87. The summed E-state index contributed by atoms with van der Waals surface area (Å²) in [5, 5.41) is 51.6. The second kappa shape index (κ2) is 13.3. The third kappa shape index (κ3) is 5.20. The molecule has 0 saturated carbocycles. The van der Waals surface area contributed by atoms with E-state index in [-0.39, 0.29) is 62.3 Å². The van der Waals surface area contributed by atoms with Crippen molar-refractivity contribution in [3.8, 4) is 45.6 Å². The minimum Gasteiger partial charge on any atom is -0.493 e. The van der Waals surface area contributed by atoms with Gasteiger partial charge in [-0.15, -0.1) is 0 Å². The van der Waals surface area contributed by atoms with E-state index in [1.807, 2.05) is 0 Å². The number of hydrogen-bond acceptors (Lipinski definition) is 15. The number of methoxy groups -OCH3 is 7. The maximum Gasteiger partial charge on any atom is 0.339 e. The van der Waals surface area contributed by atoms with E-state index in [9.17, 15) is 35.1 Å². The third-order valence-electron chi connectivity index (χ3n) is 6.82. The van der Waals surface area contributed by atoms with Gasteiger partial charge >= 0.3 is 11.9 Å². The van der Waals surface area contributed by atoms with Crippen LogP contribution >= 0.6 is 0 Å². The van der Waals surface area contributed by atoms with Gasteiger partial charge in [-0.25, -0.2) is 9.59 Å². The van der Waals surface area contributed by atoms with E-state index in [1.54, 1.807) is 0 Å². The second-order valence-electron chi connectivity index (χ2n) is 8.87. The van der Waals surface area contributed by atoms with Crippen LogP contribution in [0.5, 0.6) is 34.5 Å². The molecule has 232 valence electrons. The molecule has 3 rings (SSSR count). The van der Waals surface area contributed by atoms with Crippen molar-refractivity contribution in [3.63, 3.8) is 0 Å². The van der Waals surface area contributed by atoms with Crippen molar-refractivity contribution >= 4 is 11.9 Å². The van der Waals surface area contributed by atoms with Gasteiger partial charge < -0.3 is 63.4 Å². The Balaban J connectivity index is 2.56. The molecule has 2 aromatic rings. The zero-order chi connectivity index (χ0) is 31.5. The van der Waals surface area contributed by atoms with Gasteiger partial charge in [0.2, 0.25) is 11.5 Å². The van der Waals surface area contributed by atoms with E-state index in [4.69, 9.17) is 37.9 Å². The number of esters is 2. The molecule has 42 heavy (non-hydrogen) atoms. The maximum atomic E-state index is 13.8. The zero-order valence-electron chi connectivity index (χ0n) is 24.0. The van der Waals surface area contributed by atoms with E-state index < -0.39 is 49.1 Å². The largest absolute Gasteiger partial charge is 0.493 e. The zero-order valence-corrected chi connectivity index (χ0v) is 24.0. The lowest BCUT2D eigenvalue weighted by atomic mass is 9.83. The summed E-state index contributed by atoms with van der Waals surface area (Å²) in [4.78, 5) is 26.9. The molecule has 0 fully saturated rings. The number of aliphatic hydroxyl groups is 5. The summed E-state index contributed by atoms with van der Waals surface area (Å²) in [6.45, 7) is -0.931. The number of aliphatic hydroxyl groups excluding tert-OH is 5. The minimum atomic E-state index is -2.07. The Morgan fingerprint density at radius 2 is 1.36 bits per heavy atom. The summed E-state index contributed by atoms with van der Waals surface area (Å²) in [6.07, 6.45) is -9.68. The standard InChI is InChI=1S/C27H34O15/c1-35-12-8-10(26(33)41-7)13(21(37-3)20(12)36-2)14-15-16(23(39-5)25(40-6)22(14)38-4)18(31)24(42-27(15)34)19(32)17(30)11(29)9-28/h8,11,17-19,24,28-32H,9H2,1-7H3/t11-,17-,18-,19+,24+/m1/s1. The van der Waals surface area contributed by atoms with Crippen LogP contribution in [-0.2, 0) is 9.47 Å². The summed E-state index contributed by atoms with van der Waals surface area (Å²) in [7, 11) is 8.78. The van der Waals surface area contributed by atoms with Crippen molar-refractivity contribution < 1.29 is 73.0 Å². The van der Waals surface area contributed by atoms with Gasteiger partial charge in [-0.2, -0.15) is 0 Å². The fraction of sp³-hybridized carbons (Fsp3) is 0.481. The van der Waals surface area contributed by atoms with E-state index >= 15 is 0 Å². The Labute approximate surface area is 240 Å². The first kappa shape index (κ1) is 32.5. The first-order valence-corrected chi connectivity index (χ1v) is 12.3. The molecule has 1 aliphatic heterocycles. The molecule has 15 heteroatoms. The van der Waals surface area contributed by atoms with Crippen molar-refractivity contribution in [2.75, 3.05) is 56.4 Å². The molecule has 5 atom stereocenters. The van der Waals surface area contributed by atoms with Gasteiger partial charge in [0.05, 0.1) is 67.5 Å². The van der Waals surface area contributed by atoms with Gasteiger partial charge in [-0.1, -0.05) is 0 Å². The molecular formula is C27H34O15. The van der Waals surface area contributed by atoms with Crippen molar-refractivity contribution in [2.24, 2.45) is 0 Å². The van der Waals surface area contributed by atoms with Crippen molar-refractivity contribution in [1.82, 2.24) is 0 Å². The average Bonchev–Trinajstić information content (AvgIpc) is 3.01. The molecule has 0 spiro atoms. The summed E-state index contributed by atoms with van der Waals surface area (Å²) in [5.74, 6) is -2.54. The Kier molecular flexibility index (Phi) is 10.3. The fourth-order valence-electron chi connectivity index (χ4n) is 4.89. The predicted molar refractivity (Wildman–Crippen MR) is 142 cm³/mol. The quantitative estimate of drug-likeness (QED) is 0.201. The minimum absolute atomic E-state index is 0.0207. The van der Waals surface area contributed by atoms with Crippen LogP contribution in [0.15, 0.2) is 6.07 Å². The molecule has 2 aromatic carbocycles. The van der Waals surface area contributed by atoms with Crippen LogP contribution in [0.3, 0.4) is 0 Å². The Bertz CT molecular complexity index is 1320. The number of carbonyl (C=O) groups is 2. The van der Waals surface area contributed by atoms with Crippen LogP contribution in [0.2, 0.25) is 0 Å². The Morgan fingerprint density at radius 1 is 0.810 bits per heavy atom. The average molecular weight is 599 g/mol. The van der Waals surface area contributed by atoms with Gasteiger partial charge in [-0.05, 0) is 6.07 Å². The molecule has 0 aliphatic carbocycles. The molecule has 0 amide bonds. The summed E-state index contributed by atoms with van der Waals surface area (Å²) in [5.41, 5.74) is -1.10. The van der Waals surface area contributed by atoms with Crippen LogP contribution in [-0.4, -0.2) is 118 Å². The highest BCUT2D eigenvalue weighted by molar-refractivity contribution is 6.10. The monoisotopic (exact) mass is 598 g/mol. The molecule has 15 nitrogen and oxygen atoms in total. The normalized spacial score (nSPS) is 18.1. The van der Waals surface area contributed by atoms with E-state index in [0.29, 0.717) is 0 Å². The molecular weight excluding hydrogens is 564 g/mol. The van der Waals surface area contributed by atoms with Gasteiger partial charge in [0.15, 0.2) is 29.1 Å². The fourth-order valence-corrected chi connectivity index (χ4v) is 4.89. The SMILES string of the molecule is COC(=O)c1cc(OC)c(OC)c(OC)c1-c1c(OC)c(OC)c(OC)c2c1C(=O)O[C@H]([C@@H](O)[C@H](O)[C@H](O)CO)[C@@H]2O. The number of carbonyl (C=O) groups excluding carboxylic acids is 2. The van der Waals surface area contributed by atoms with Crippen LogP contribution in [0, 0.1) is 0 Å². The van der Waals surface area contributed by atoms with Gasteiger partial charge in [0, 0.05) is 16.7 Å². The van der Waals surface area contributed by atoms with Crippen LogP contribution in [0.1, 0.15) is 32.4 Å². The van der Waals surface area contributed by atoms with E-state index in [0.717, 1.165) is 7.11 Å². The first-order valence-electron chi connectivity index (χ1n) is 12.3. The summed E-state index contributed by atoms with van der Waals surface area (Å²) >= 11 is 0. The molecule has 0 radical (unpaired) electrons. The van der Waals surface area contributed by atoms with Gasteiger partial charge in [0.25, 0.3) is 0 Å². The Morgan fingerprint density at radius 3 is 1.83 bits per heavy atom. The number of fused-ring (bicyclic) bond motifs is 1. The lowest BCUT2D eigenvalue weighted by Gasteiger charge is -2.37. The molecule has 1 aliphatic rings. The first-order chi connectivity index (χ1) is 20.0. The van der Waals surface area contributed by atoms with Gasteiger partial charge in [-0.3, -0.25) is 0 Å². The predicted octanol–water partition coefficient (Wildman–Crippen LogP) is -0.161. The van der Waals surface area contributed by atoms with E-state index in [1.165, 1.54) is 48.7 Å². The maximum absolute atomic E-state index is 13.8. The van der Waals surface area contributed by atoms with Crippen molar-refractivity contribution in [3.05, 3.63) is 22.8 Å². The number of benzene rings is 2. The topological polar surface area (TPSA) is 209 Å². The van der Waals surface area contributed by atoms with Crippen LogP contribution in [0.25, 0.3) is 11.1 Å². The summed E-state index contributed by atoms with van der Waals surface area (Å²) in [6, 6.07) is 1.29. The summed E-state index contributed by atoms with van der Waals surface area (Å²) < 4.78 is 43.6. The number of rotatable bonds is 12. The number of hydrogen-bond donors (Lipinski definition) is 5. The van der Waals surface area contributed by atoms with Gasteiger partial charge in [0.1, 0.15) is 24.4 Å². The van der Waals surface area contributed by atoms with Crippen LogP contribution < -0.4 is 28.4 Å². The Hall–Kier alpha value is -4.02. The highest BCUT2D eigenvalue weighted by Crippen LogP contribution is 2.58. The molecule has 0 unspecified atom stereocenters. The third-order valence-corrected chi connectivity index (χ3v) is 6.82. The lowest BCUT2D eigenvalue weighted by molar-refractivity contribution is -0.147. The van der Waals surface area contributed by atoms with Crippen LogP contribution in [0.4, 0.5) is 0 Å². The highest BCUT2D eigenvalue weighted by atomic mass is 16.6. The smallest absolute Gasteiger partial charge is 0.339 e. The molecule has 5 N–H and O–H groups in total. The molecule has 0 aromatic heterocycles.